The van der Waals surface area contributed by atoms with E-state index in [1.165, 1.54) is 0 Å². The summed E-state index contributed by atoms with van der Waals surface area (Å²) in [6.45, 7) is 4.05. The maximum Gasteiger partial charge on any atom is 0.127 e. The van der Waals surface area contributed by atoms with Crippen molar-refractivity contribution in [2.75, 3.05) is 21.3 Å². The minimum atomic E-state index is -0.0665. The molecule has 0 bridgehead atoms. The Kier molecular flexibility index (Phi) is 4.50. The second-order valence-electron chi connectivity index (χ2n) is 3.64. The highest BCUT2D eigenvalue weighted by Gasteiger charge is 2.17. The van der Waals surface area contributed by atoms with Gasteiger partial charge in [-0.3, -0.25) is 0 Å². The minimum Gasteiger partial charge on any atom is -0.496 e. The maximum absolute atomic E-state index is 5.43. The van der Waals surface area contributed by atoms with Gasteiger partial charge in [-0.25, -0.2) is 0 Å². The van der Waals surface area contributed by atoms with Gasteiger partial charge < -0.3 is 14.8 Å². The number of rotatable bonds is 4. The molecule has 0 amide bonds. The lowest BCUT2D eigenvalue weighted by Crippen LogP contribution is -2.12. The van der Waals surface area contributed by atoms with E-state index in [-0.39, 0.29) is 5.37 Å². The van der Waals surface area contributed by atoms with E-state index in [9.17, 15) is 0 Å². The van der Waals surface area contributed by atoms with Gasteiger partial charge >= 0.3 is 0 Å². The predicted octanol–water partition coefficient (Wildman–Crippen LogP) is 2.47. The van der Waals surface area contributed by atoms with Crippen molar-refractivity contribution in [2.45, 2.75) is 19.2 Å². The summed E-state index contributed by atoms with van der Waals surface area (Å²) in [5, 5.41) is 3.02. The SMILES string of the molecule is CNC(S)c1cc(OC)c(C)c(C)c1OC. The molecule has 1 atom stereocenters. The van der Waals surface area contributed by atoms with Crippen LogP contribution in [0.1, 0.15) is 22.1 Å². The van der Waals surface area contributed by atoms with Crippen molar-refractivity contribution in [3.63, 3.8) is 0 Å². The maximum atomic E-state index is 5.43. The van der Waals surface area contributed by atoms with Crippen LogP contribution in [0.5, 0.6) is 11.5 Å². The van der Waals surface area contributed by atoms with E-state index in [1.807, 2.05) is 27.0 Å². The lowest BCUT2D eigenvalue weighted by Gasteiger charge is -2.20. The molecule has 0 radical (unpaired) electrons. The Morgan fingerprint density at radius 3 is 2.25 bits per heavy atom. The van der Waals surface area contributed by atoms with E-state index >= 15 is 0 Å². The highest BCUT2D eigenvalue weighted by Crippen LogP contribution is 2.37. The third kappa shape index (κ3) is 2.28. The van der Waals surface area contributed by atoms with Crippen LogP contribution in [0.2, 0.25) is 0 Å². The van der Waals surface area contributed by atoms with Gasteiger partial charge in [0.1, 0.15) is 11.5 Å². The molecule has 0 saturated heterocycles. The van der Waals surface area contributed by atoms with Crippen LogP contribution in [0, 0.1) is 13.8 Å². The summed E-state index contributed by atoms with van der Waals surface area (Å²) in [7, 11) is 5.21. The Bertz CT molecular complexity index is 380. The average Bonchev–Trinajstić information content (AvgIpc) is 2.31. The number of hydrogen-bond acceptors (Lipinski definition) is 4. The second kappa shape index (κ2) is 5.46. The first-order valence-electron chi connectivity index (χ1n) is 5.14. The van der Waals surface area contributed by atoms with Crippen LogP contribution < -0.4 is 14.8 Å². The molecule has 0 aliphatic carbocycles. The second-order valence-corrected chi connectivity index (χ2v) is 4.16. The third-order valence-electron chi connectivity index (χ3n) is 2.81. The number of ether oxygens (including phenoxy) is 2. The molecule has 16 heavy (non-hydrogen) atoms. The topological polar surface area (TPSA) is 30.5 Å². The third-order valence-corrected chi connectivity index (χ3v) is 3.35. The van der Waals surface area contributed by atoms with E-state index in [1.54, 1.807) is 14.2 Å². The Hall–Kier alpha value is -0.870. The van der Waals surface area contributed by atoms with Gasteiger partial charge in [-0.15, -0.1) is 0 Å². The molecule has 90 valence electrons. The zero-order valence-corrected chi connectivity index (χ0v) is 11.3. The smallest absolute Gasteiger partial charge is 0.127 e. The van der Waals surface area contributed by atoms with Gasteiger partial charge in [0, 0.05) is 5.56 Å². The molecule has 0 fully saturated rings. The fourth-order valence-corrected chi connectivity index (χ4v) is 1.92. The highest BCUT2D eigenvalue weighted by molar-refractivity contribution is 7.80. The molecular weight excluding hydrogens is 222 g/mol. The van der Waals surface area contributed by atoms with Gasteiger partial charge in [-0.2, -0.15) is 12.6 Å². The Balaban J connectivity index is 3.40. The van der Waals surface area contributed by atoms with Crippen LogP contribution in [0.4, 0.5) is 0 Å². The monoisotopic (exact) mass is 241 g/mol. The van der Waals surface area contributed by atoms with Crippen molar-refractivity contribution in [3.05, 3.63) is 22.8 Å². The summed E-state index contributed by atoms with van der Waals surface area (Å²) in [5.74, 6) is 1.73. The molecule has 3 nitrogen and oxygen atoms in total. The largest absolute Gasteiger partial charge is 0.496 e. The van der Waals surface area contributed by atoms with Gasteiger partial charge in [0.25, 0.3) is 0 Å². The van der Waals surface area contributed by atoms with Crippen LogP contribution in [0.25, 0.3) is 0 Å². The van der Waals surface area contributed by atoms with E-state index in [0.29, 0.717) is 0 Å². The predicted molar refractivity (Wildman–Crippen MR) is 69.8 cm³/mol. The Morgan fingerprint density at radius 2 is 1.81 bits per heavy atom. The highest BCUT2D eigenvalue weighted by atomic mass is 32.1. The molecule has 1 unspecified atom stereocenters. The van der Waals surface area contributed by atoms with Crippen LogP contribution in [-0.4, -0.2) is 21.3 Å². The summed E-state index contributed by atoms with van der Waals surface area (Å²) < 4.78 is 10.8. The summed E-state index contributed by atoms with van der Waals surface area (Å²) >= 11 is 4.46. The van der Waals surface area contributed by atoms with Gasteiger partial charge in [0.15, 0.2) is 0 Å². The van der Waals surface area contributed by atoms with E-state index in [0.717, 1.165) is 28.2 Å². The first-order valence-corrected chi connectivity index (χ1v) is 5.65. The molecular formula is C12H19NO2S. The zero-order valence-electron chi connectivity index (χ0n) is 10.4. The van der Waals surface area contributed by atoms with Crippen LogP contribution in [0.15, 0.2) is 6.07 Å². The van der Waals surface area contributed by atoms with Gasteiger partial charge in [0.05, 0.1) is 19.6 Å². The number of hydrogen-bond donors (Lipinski definition) is 2. The molecule has 4 heteroatoms. The van der Waals surface area contributed by atoms with Gasteiger partial charge in [-0.1, -0.05) is 0 Å². The summed E-state index contributed by atoms with van der Waals surface area (Å²) in [5.41, 5.74) is 3.18. The van der Waals surface area contributed by atoms with Crippen molar-refractivity contribution in [1.82, 2.24) is 5.32 Å². The lowest BCUT2D eigenvalue weighted by atomic mass is 10.0. The summed E-state index contributed by atoms with van der Waals surface area (Å²) in [6, 6.07) is 1.97. The fourth-order valence-electron chi connectivity index (χ4n) is 1.73. The van der Waals surface area contributed by atoms with Crippen LogP contribution >= 0.6 is 12.6 Å². The average molecular weight is 241 g/mol. The standard InChI is InChI=1S/C12H19NO2S/c1-7-8(2)11(15-5)9(12(16)13-3)6-10(7)14-4/h6,12-13,16H,1-5H3. The number of benzene rings is 1. The van der Waals surface area contributed by atoms with Crippen molar-refractivity contribution in [3.8, 4) is 11.5 Å². The molecule has 0 aromatic heterocycles. The van der Waals surface area contributed by atoms with Crippen LogP contribution in [0.3, 0.4) is 0 Å². The van der Waals surface area contributed by atoms with E-state index in [4.69, 9.17) is 9.47 Å². The van der Waals surface area contributed by atoms with Crippen LogP contribution in [-0.2, 0) is 0 Å². The molecule has 0 saturated carbocycles. The molecule has 1 aromatic carbocycles. The van der Waals surface area contributed by atoms with Crippen molar-refractivity contribution in [1.29, 1.82) is 0 Å². The normalized spacial score (nSPS) is 12.4. The van der Waals surface area contributed by atoms with Crippen molar-refractivity contribution >= 4 is 12.6 Å². The first kappa shape index (κ1) is 13.2. The molecule has 0 aliphatic rings. The molecule has 0 spiro atoms. The Morgan fingerprint density at radius 1 is 1.19 bits per heavy atom. The number of methoxy groups -OCH3 is 2. The lowest BCUT2D eigenvalue weighted by molar-refractivity contribution is 0.392. The number of nitrogens with one attached hydrogen (secondary N) is 1. The van der Waals surface area contributed by atoms with E-state index < -0.39 is 0 Å². The quantitative estimate of drug-likeness (QED) is 0.627. The van der Waals surface area contributed by atoms with Crippen molar-refractivity contribution < 1.29 is 9.47 Å². The van der Waals surface area contributed by atoms with Crippen molar-refractivity contribution in [2.24, 2.45) is 0 Å². The Labute approximate surface area is 103 Å². The van der Waals surface area contributed by atoms with E-state index in [2.05, 4.69) is 17.9 Å². The van der Waals surface area contributed by atoms with Gasteiger partial charge in [0.2, 0.25) is 0 Å². The number of thiol groups is 1. The minimum absolute atomic E-state index is 0.0665. The molecule has 1 N–H and O–H groups in total. The molecule has 0 heterocycles. The zero-order chi connectivity index (χ0) is 12.3. The summed E-state index contributed by atoms with van der Waals surface area (Å²) in [4.78, 5) is 0. The first-order chi connectivity index (χ1) is 7.56. The molecule has 1 rings (SSSR count). The molecule has 0 aliphatic heterocycles. The fraction of sp³-hybridized carbons (Fsp3) is 0.500. The van der Waals surface area contributed by atoms with Gasteiger partial charge in [-0.05, 0) is 38.1 Å². The summed E-state index contributed by atoms with van der Waals surface area (Å²) in [6.07, 6.45) is 0. The molecule has 1 aromatic rings.